The first-order chi connectivity index (χ1) is 9.45. The van der Waals surface area contributed by atoms with Crippen LogP contribution in [0.25, 0.3) is 0 Å². The molecule has 20 heavy (non-hydrogen) atoms. The van der Waals surface area contributed by atoms with Gasteiger partial charge in [-0.15, -0.1) is 11.3 Å². The summed E-state index contributed by atoms with van der Waals surface area (Å²) in [6, 6.07) is 0. The number of Topliss-reactive ketones (excluding diaryl/α,β-unsaturated/α-hetero) is 1. The van der Waals surface area contributed by atoms with Gasteiger partial charge in [0.2, 0.25) is 0 Å². The minimum atomic E-state index is -1.16. The average Bonchev–Trinajstić information content (AvgIpc) is 2.75. The van der Waals surface area contributed by atoms with Crippen LogP contribution in [0.2, 0.25) is 0 Å². The van der Waals surface area contributed by atoms with E-state index in [9.17, 15) is 9.59 Å². The standard InChI is InChI=1S/C12H17N3O4S/c1-4-18-11(17)10(8-6-20-12(13)15-8)9(16)5-14-19-7(2)3/h5-7,10H,4H2,1-3H3,(H2,13,15). The average molecular weight is 299 g/mol. The van der Waals surface area contributed by atoms with Crippen LogP contribution in [0, 0.1) is 0 Å². The van der Waals surface area contributed by atoms with Crippen molar-refractivity contribution < 1.29 is 19.2 Å². The number of nitrogens with two attached hydrogens (primary N) is 1. The number of hydrogen-bond donors (Lipinski definition) is 1. The number of rotatable bonds is 7. The molecule has 1 heterocycles. The van der Waals surface area contributed by atoms with Crippen molar-refractivity contribution in [2.24, 2.45) is 5.16 Å². The highest BCUT2D eigenvalue weighted by Crippen LogP contribution is 2.22. The molecular formula is C12H17N3O4S. The molecule has 1 rings (SSSR count). The maximum absolute atomic E-state index is 12.0. The lowest BCUT2D eigenvalue weighted by molar-refractivity contribution is -0.146. The molecule has 0 bridgehead atoms. The number of ether oxygens (including phenoxy) is 1. The van der Waals surface area contributed by atoms with Crippen LogP contribution in [0.3, 0.4) is 0 Å². The Hall–Kier alpha value is -1.96. The van der Waals surface area contributed by atoms with Crippen molar-refractivity contribution in [3.63, 3.8) is 0 Å². The first kappa shape index (κ1) is 16.1. The molecule has 0 spiro atoms. The fourth-order valence-corrected chi connectivity index (χ4v) is 1.91. The quantitative estimate of drug-likeness (QED) is 0.353. The number of esters is 1. The zero-order chi connectivity index (χ0) is 15.1. The van der Waals surface area contributed by atoms with Gasteiger partial charge in [-0.1, -0.05) is 5.16 Å². The lowest BCUT2D eigenvalue weighted by Crippen LogP contribution is -2.25. The van der Waals surface area contributed by atoms with E-state index >= 15 is 0 Å². The maximum Gasteiger partial charge on any atom is 0.323 e. The molecular weight excluding hydrogens is 282 g/mol. The molecule has 1 aromatic heterocycles. The Labute approximate surface area is 120 Å². The van der Waals surface area contributed by atoms with E-state index in [1.807, 2.05) is 0 Å². The third-order valence-electron chi connectivity index (χ3n) is 2.09. The molecule has 1 unspecified atom stereocenters. The number of hydrogen-bond acceptors (Lipinski definition) is 8. The van der Waals surface area contributed by atoms with Gasteiger partial charge in [0.05, 0.1) is 12.3 Å². The Kier molecular flexibility index (Phi) is 6.10. The molecule has 0 aliphatic rings. The first-order valence-electron chi connectivity index (χ1n) is 6.06. The minimum Gasteiger partial charge on any atom is -0.465 e. The largest absolute Gasteiger partial charge is 0.465 e. The second-order valence-electron chi connectivity index (χ2n) is 4.09. The summed E-state index contributed by atoms with van der Waals surface area (Å²) in [5.74, 6) is -2.41. The molecule has 1 aromatic rings. The summed E-state index contributed by atoms with van der Waals surface area (Å²) in [6.45, 7) is 5.37. The monoisotopic (exact) mass is 299 g/mol. The zero-order valence-corrected chi connectivity index (χ0v) is 12.3. The smallest absolute Gasteiger partial charge is 0.323 e. The predicted molar refractivity (Wildman–Crippen MR) is 75.6 cm³/mol. The van der Waals surface area contributed by atoms with Gasteiger partial charge >= 0.3 is 5.97 Å². The van der Waals surface area contributed by atoms with Gasteiger partial charge in [-0.2, -0.15) is 0 Å². The lowest BCUT2D eigenvalue weighted by Gasteiger charge is -2.10. The third-order valence-corrected chi connectivity index (χ3v) is 2.79. The van der Waals surface area contributed by atoms with Gasteiger partial charge in [0.15, 0.2) is 16.8 Å². The highest BCUT2D eigenvalue weighted by molar-refractivity contribution is 7.13. The first-order valence-corrected chi connectivity index (χ1v) is 6.94. The zero-order valence-electron chi connectivity index (χ0n) is 11.5. The number of oxime groups is 1. The van der Waals surface area contributed by atoms with Gasteiger partial charge < -0.3 is 15.3 Å². The molecule has 0 aliphatic heterocycles. The van der Waals surface area contributed by atoms with Crippen LogP contribution in [0.15, 0.2) is 10.5 Å². The van der Waals surface area contributed by atoms with Gasteiger partial charge in [-0.05, 0) is 20.8 Å². The topological polar surface area (TPSA) is 104 Å². The highest BCUT2D eigenvalue weighted by Gasteiger charge is 2.31. The summed E-state index contributed by atoms with van der Waals surface area (Å²) in [6.07, 6.45) is 0.798. The second-order valence-corrected chi connectivity index (χ2v) is 4.98. The summed E-state index contributed by atoms with van der Waals surface area (Å²) in [7, 11) is 0. The normalized spacial score (nSPS) is 12.6. The minimum absolute atomic E-state index is 0.157. The van der Waals surface area contributed by atoms with Gasteiger partial charge in [0.1, 0.15) is 12.3 Å². The van der Waals surface area contributed by atoms with Crippen LogP contribution in [0.5, 0.6) is 0 Å². The Morgan fingerprint density at radius 1 is 1.55 bits per heavy atom. The van der Waals surface area contributed by atoms with Crippen molar-refractivity contribution in [3.05, 3.63) is 11.1 Å². The molecule has 1 atom stereocenters. The molecule has 2 N–H and O–H groups in total. The van der Waals surface area contributed by atoms with Crippen LogP contribution in [0.4, 0.5) is 5.13 Å². The van der Waals surface area contributed by atoms with Gasteiger partial charge in [-0.25, -0.2) is 4.98 Å². The molecule has 110 valence electrons. The summed E-state index contributed by atoms with van der Waals surface area (Å²) < 4.78 is 4.88. The van der Waals surface area contributed by atoms with Gasteiger partial charge in [0.25, 0.3) is 0 Å². The number of ketones is 1. The SMILES string of the molecule is CCOC(=O)C(C(=O)C=NOC(C)C)c1csc(N)n1. The van der Waals surface area contributed by atoms with Crippen LogP contribution < -0.4 is 5.73 Å². The summed E-state index contributed by atoms with van der Waals surface area (Å²) in [5, 5.41) is 5.35. The molecule has 0 aliphatic carbocycles. The number of carbonyl (C=O) groups is 2. The molecule has 0 amide bonds. The van der Waals surface area contributed by atoms with Crippen LogP contribution in [0.1, 0.15) is 32.4 Å². The second kappa shape index (κ2) is 7.59. The Bertz CT molecular complexity index is 499. The van der Waals surface area contributed by atoms with E-state index < -0.39 is 17.7 Å². The number of nitrogen functional groups attached to an aromatic ring is 1. The summed E-state index contributed by atoms with van der Waals surface area (Å²) >= 11 is 1.15. The van der Waals surface area contributed by atoms with Gasteiger partial charge in [0, 0.05) is 5.38 Å². The van der Waals surface area contributed by atoms with Crippen molar-refractivity contribution in [1.82, 2.24) is 4.98 Å². The van der Waals surface area contributed by atoms with E-state index in [4.69, 9.17) is 15.3 Å². The predicted octanol–water partition coefficient (Wildman–Crippen LogP) is 1.35. The molecule has 0 saturated carbocycles. The van der Waals surface area contributed by atoms with E-state index in [1.54, 1.807) is 26.2 Å². The Morgan fingerprint density at radius 2 is 2.25 bits per heavy atom. The highest BCUT2D eigenvalue weighted by atomic mass is 32.1. The van der Waals surface area contributed by atoms with Crippen molar-refractivity contribution in [2.75, 3.05) is 12.3 Å². The van der Waals surface area contributed by atoms with E-state index in [-0.39, 0.29) is 23.5 Å². The molecule has 7 nitrogen and oxygen atoms in total. The molecule has 0 fully saturated rings. The van der Waals surface area contributed by atoms with E-state index in [1.165, 1.54) is 0 Å². The summed E-state index contributed by atoms with van der Waals surface area (Å²) in [5.41, 5.74) is 5.77. The fraction of sp³-hybridized carbons (Fsp3) is 0.500. The maximum atomic E-state index is 12.0. The van der Waals surface area contributed by atoms with E-state index in [0.717, 1.165) is 17.6 Å². The van der Waals surface area contributed by atoms with Crippen LogP contribution in [-0.2, 0) is 19.2 Å². The van der Waals surface area contributed by atoms with Crippen LogP contribution in [-0.4, -0.2) is 35.7 Å². The number of thiazole rings is 1. The van der Waals surface area contributed by atoms with E-state index in [2.05, 4.69) is 10.1 Å². The molecule has 8 heteroatoms. The number of nitrogens with zero attached hydrogens (tertiary/aromatic N) is 2. The lowest BCUT2D eigenvalue weighted by atomic mass is 10.0. The summed E-state index contributed by atoms with van der Waals surface area (Å²) in [4.78, 5) is 32.8. The third kappa shape index (κ3) is 4.61. The number of aromatic nitrogens is 1. The van der Waals surface area contributed by atoms with Crippen molar-refractivity contribution in [3.8, 4) is 0 Å². The fourth-order valence-electron chi connectivity index (χ4n) is 1.32. The molecule has 0 saturated heterocycles. The Balaban J connectivity index is 2.90. The Morgan fingerprint density at radius 3 is 2.75 bits per heavy atom. The van der Waals surface area contributed by atoms with Crippen molar-refractivity contribution in [1.29, 1.82) is 0 Å². The number of carbonyl (C=O) groups excluding carboxylic acids is 2. The van der Waals surface area contributed by atoms with Gasteiger partial charge in [-0.3, -0.25) is 9.59 Å². The number of anilines is 1. The van der Waals surface area contributed by atoms with Crippen molar-refractivity contribution in [2.45, 2.75) is 32.8 Å². The van der Waals surface area contributed by atoms with E-state index in [0.29, 0.717) is 0 Å². The molecule has 0 radical (unpaired) electrons. The van der Waals surface area contributed by atoms with Crippen LogP contribution >= 0.6 is 11.3 Å². The molecule has 0 aromatic carbocycles. The van der Waals surface area contributed by atoms with Crippen molar-refractivity contribution >= 4 is 34.4 Å².